The first-order valence-electron chi connectivity index (χ1n) is 8.97. The van der Waals surface area contributed by atoms with Gasteiger partial charge in [0.25, 0.3) is 0 Å². The summed E-state index contributed by atoms with van der Waals surface area (Å²) in [5.74, 6) is 0. The standard InChI is InChI=1S/C19H24N4O3S/c1-14(2)22-27(25,26)17-7-5-16(6-8-17)21-19(24)23-13-3-4-18(23)15-9-11-20-12-10-15/h5-12,14,18,22H,3-4,13H2,1-2H3,(H,21,24). The fourth-order valence-electron chi connectivity index (χ4n) is 3.23. The first-order chi connectivity index (χ1) is 12.9. The molecular weight excluding hydrogens is 364 g/mol. The molecule has 27 heavy (non-hydrogen) atoms. The Morgan fingerprint density at radius 2 is 1.81 bits per heavy atom. The van der Waals surface area contributed by atoms with E-state index in [0.717, 1.165) is 18.4 Å². The molecule has 144 valence electrons. The monoisotopic (exact) mass is 388 g/mol. The zero-order valence-electron chi connectivity index (χ0n) is 15.4. The number of benzene rings is 1. The van der Waals surface area contributed by atoms with Crippen LogP contribution in [0.15, 0.2) is 53.7 Å². The van der Waals surface area contributed by atoms with Crippen molar-refractivity contribution in [3.63, 3.8) is 0 Å². The molecule has 0 bridgehead atoms. The molecule has 3 rings (SSSR count). The van der Waals surface area contributed by atoms with E-state index in [-0.39, 0.29) is 23.0 Å². The van der Waals surface area contributed by atoms with Gasteiger partial charge >= 0.3 is 6.03 Å². The maximum atomic E-state index is 12.7. The van der Waals surface area contributed by atoms with Crippen LogP contribution in [0.2, 0.25) is 0 Å². The predicted octanol–water partition coefficient (Wildman–Crippen LogP) is 3.14. The van der Waals surface area contributed by atoms with Gasteiger partial charge in [0.05, 0.1) is 10.9 Å². The number of hydrogen-bond donors (Lipinski definition) is 2. The van der Waals surface area contributed by atoms with Crippen LogP contribution in [0.5, 0.6) is 0 Å². The third kappa shape index (κ3) is 4.64. The summed E-state index contributed by atoms with van der Waals surface area (Å²) in [6.45, 7) is 4.21. The average molecular weight is 388 g/mol. The third-order valence-electron chi connectivity index (χ3n) is 4.41. The number of anilines is 1. The van der Waals surface area contributed by atoms with Gasteiger partial charge in [-0.15, -0.1) is 0 Å². The summed E-state index contributed by atoms with van der Waals surface area (Å²) in [4.78, 5) is 18.7. The van der Waals surface area contributed by atoms with Crippen LogP contribution in [0, 0.1) is 0 Å². The third-order valence-corrected chi connectivity index (χ3v) is 6.09. The van der Waals surface area contributed by atoms with E-state index in [9.17, 15) is 13.2 Å². The van der Waals surface area contributed by atoms with Crippen LogP contribution in [0.3, 0.4) is 0 Å². The molecule has 0 aliphatic carbocycles. The SMILES string of the molecule is CC(C)NS(=O)(=O)c1ccc(NC(=O)N2CCCC2c2ccncc2)cc1. The van der Waals surface area contributed by atoms with Crippen LogP contribution in [0.1, 0.15) is 38.3 Å². The summed E-state index contributed by atoms with van der Waals surface area (Å²) in [5, 5.41) is 2.86. The Hall–Kier alpha value is -2.45. The van der Waals surface area contributed by atoms with E-state index in [1.54, 1.807) is 43.3 Å². The summed E-state index contributed by atoms with van der Waals surface area (Å²) in [6, 6.07) is 9.70. The molecule has 1 fully saturated rings. The van der Waals surface area contributed by atoms with Crippen molar-refractivity contribution in [3.05, 3.63) is 54.4 Å². The number of carbonyl (C=O) groups is 1. The van der Waals surface area contributed by atoms with Gasteiger partial charge in [-0.25, -0.2) is 17.9 Å². The highest BCUT2D eigenvalue weighted by Gasteiger charge is 2.30. The van der Waals surface area contributed by atoms with E-state index in [1.165, 1.54) is 12.1 Å². The zero-order chi connectivity index (χ0) is 19.4. The minimum atomic E-state index is -3.54. The van der Waals surface area contributed by atoms with Crippen molar-refractivity contribution in [2.24, 2.45) is 0 Å². The summed E-state index contributed by atoms with van der Waals surface area (Å²) >= 11 is 0. The number of aromatic nitrogens is 1. The average Bonchev–Trinajstić information content (AvgIpc) is 3.12. The highest BCUT2D eigenvalue weighted by Crippen LogP contribution is 2.32. The Balaban J connectivity index is 1.69. The maximum absolute atomic E-state index is 12.7. The fourth-order valence-corrected chi connectivity index (χ4v) is 4.48. The molecule has 1 atom stereocenters. The van der Waals surface area contributed by atoms with Gasteiger partial charge < -0.3 is 10.2 Å². The molecule has 0 spiro atoms. The Morgan fingerprint density at radius 3 is 2.44 bits per heavy atom. The van der Waals surface area contributed by atoms with Crippen molar-refractivity contribution < 1.29 is 13.2 Å². The van der Waals surface area contributed by atoms with E-state index in [1.807, 2.05) is 12.1 Å². The van der Waals surface area contributed by atoms with Crippen LogP contribution in [0.25, 0.3) is 0 Å². The Morgan fingerprint density at radius 1 is 1.15 bits per heavy atom. The second-order valence-electron chi connectivity index (χ2n) is 6.86. The van der Waals surface area contributed by atoms with Crippen molar-refractivity contribution >= 4 is 21.7 Å². The van der Waals surface area contributed by atoms with Gasteiger partial charge in [-0.2, -0.15) is 0 Å². The summed E-state index contributed by atoms with van der Waals surface area (Å²) in [5.41, 5.74) is 1.63. The number of rotatable bonds is 5. The lowest BCUT2D eigenvalue weighted by molar-refractivity contribution is 0.207. The van der Waals surface area contributed by atoms with E-state index in [2.05, 4.69) is 15.0 Å². The number of hydrogen-bond acceptors (Lipinski definition) is 4. The largest absolute Gasteiger partial charge is 0.322 e. The lowest BCUT2D eigenvalue weighted by Gasteiger charge is -2.25. The number of likely N-dealkylation sites (tertiary alicyclic amines) is 1. The number of nitrogens with one attached hydrogen (secondary N) is 2. The molecule has 1 aliphatic rings. The highest BCUT2D eigenvalue weighted by atomic mass is 32.2. The van der Waals surface area contributed by atoms with Gasteiger partial charge in [0.1, 0.15) is 0 Å². The molecule has 8 heteroatoms. The molecule has 2 aromatic rings. The lowest BCUT2D eigenvalue weighted by Crippen LogP contribution is -2.34. The quantitative estimate of drug-likeness (QED) is 0.823. The predicted molar refractivity (Wildman–Crippen MR) is 104 cm³/mol. The minimum Gasteiger partial charge on any atom is -0.317 e. The second kappa shape index (κ2) is 8.06. The first-order valence-corrected chi connectivity index (χ1v) is 10.4. The fraction of sp³-hybridized carbons (Fsp3) is 0.368. The van der Waals surface area contributed by atoms with Crippen LogP contribution in [-0.2, 0) is 10.0 Å². The van der Waals surface area contributed by atoms with Gasteiger partial charge in [0, 0.05) is 30.7 Å². The second-order valence-corrected chi connectivity index (χ2v) is 8.58. The van der Waals surface area contributed by atoms with Crippen molar-refractivity contribution in [1.82, 2.24) is 14.6 Å². The maximum Gasteiger partial charge on any atom is 0.322 e. The molecule has 0 saturated carbocycles. The number of amides is 2. The van der Waals surface area contributed by atoms with Crippen LogP contribution in [0.4, 0.5) is 10.5 Å². The number of carbonyl (C=O) groups excluding carboxylic acids is 1. The van der Waals surface area contributed by atoms with Gasteiger partial charge in [-0.05, 0) is 68.7 Å². The lowest BCUT2D eigenvalue weighted by atomic mass is 10.1. The van der Waals surface area contributed by atoms with Gasteiger partial charge in [-0.3, -0.25) is 4.98 Å². The van der Waals surface area contributed by atoms with E-state index in [4.69, 9.17) is 0 Å². The molecule has 0 radical (unpaired) electrons. The smallest absolute Gasteiger partial charge is 0.317 e. The van der Waals surface area contributed by atoms with Crippen molar-refractivity contribution in [1.29, 1.82) is 0 Å². The van der Waals surface area contributed by atoms with Gasteiger partial charge in [0.15, 0.2) is 0 Å². The Bertz CT molecular complexity index is 883. The van der Waals surface area contributed by atoms with Crippen molar-refractivity contribution in [2.45, 2.75) is 43.7 Å². The van der Waals surface area contributed by atoms with Crippen LogP contribution in [-0.4, -0.2) is 36.9 Å². The summed E-state index contributed by atoms with van der Waals surface area (Å²) in [6.07, 6.45) is 5.32. The number of urea groups is 1. The first kappa shape index (κ1) is 19.3. The van der Waals surface area contributed by atoms with Crippen molar-refractivity contribution in [3.8, 4) is 0 Å². The summed E-state index contributed by atoms with van der Waals surface area (Å²) in [7, 11) is -3.54. The normalized spacial score (nSPS) is 17.3. The highest BCUT2D eigenvalue weighted by molar-refractivity contribution is 7.89. The molecule has 1 saturated heterocycles. The molecule has 1 aromatic carbocycles. The molecule has 2 N–H and O–H groups in total. The van der Waals surface area contributed by atoms with Gasteiger partial charge in [-0.1, -0.05) is 0 Å². The molecule has 1 aliphatic heterocycles. The van der Waals surface area contributed by atoms with Crippen LogP contribution < -0.4 is 10.0 Å². The molecular formula is C19H24N4O3S. The number of sulfonamides is 1. The van der Waals surface area contributed by atoms with Crippen LogP contribution >= 0.6 is 0 Å². The Kier molecular flexibility index (Phi) is 5.76. The van der Waals surface area contributed by atoms with E-state index < -0.39 is 10.0 Å². The van der Waals surface area contributed by atoms with E-state index in [0.29, 0.717) is 12.2 Å². The zero-order valence-corrected chi connectivity index (χ0v) is 16.2. The topological polar surface area (TPSA) is 91.4 Å². The van der Waals surface area contributed by atoms with Gasteiger partial charge in [0.2, 0.25) is 10.0 Å². The molecule has 7 nitrogen and oxygen atoms in total. The van der Waals surface area contributed by atoms with Crippen molar-refractivity contribution in [2.75, 3.05) is 11.9 Å². The molecule has 1 unspecified atom stereocenters. The molecule has 1 aromatic heterocycles. The Labute approximate surface area is 159 Å². The number of nitrogens with zero attached hydrogens (tertiary/aromatic N) is 2. The molecule has 2 heterocycles. The molecule has 2 amide bonds. The minimum absolute atomic E-state index is 0.0305. The summed E-state index contributed by atoms with van der Waals surface area (Å²) < 4.78 is 26.9. The van der Waals surface area contributed by atoms with E-state index >= 15 is 0 Å². The number of pyridine rings is 1.